The molecule has 1 aromatic rings. The van der Waals surface area contributed by atoms with Gasteiger partial charge in [-0.15, -0.1) is 0 Å². The van der Waals surface area contributed by atoms with Crippen LogP contribution in [0.5, 0.6) is 0 Å². The van der Waals surface area contributed by atoms with Crippen LogP contribution >= 0.6 is 15.9 Å². The largest absolute Gasteiger partial charge is 0.332 e. The fourth-order valence-electron chi connectivity index (χ4n) is 2.37. The lowest BCUT2D eigenvalue weighted by atomic mass is 9.90. The summed E-state index contributed by atoms with van der Waals surface area (Å²) in [5.74, 6) is -0.119. The van der Waals surface area contributed by atoms with Gasteiger partial charge >= 0.3 is 0 Å². The molecule has 1 fully saturated rings. The third-order valence-corrected chi connectivity index (χ3v) is 4.20. The van der Waals surface area contributed by atoms with Gasteiger partial charge in [0.2, 0.25) is 0 Å². The van der Waals surface area contributed by atoms with Crippen molar-refractivity contribution in [2.75, 3.05) is 0 Å². The van der Waals surface area contributed by atoms with E-state index in [4.69, 9.17) is 0 Å². The number of nitrogens with zero attached hydrogens (tertiary/aromatic N) is 2. The molecule has 18 heavy (non-hydrogen) atoms. The number of rotatable bonds is 2. The lowest BCUT2D eigenvalue weighted by Gasteiger charge is -2.27. The Hall–Kier alpha value is -1.41. The van der Waals surface area contributed by atoms with Crippen molar-refractivity contribution in [1.29, 1.82) is 5.26 Å². The molecule has 1 aliphatic carbocycles. The van der Waals surface area contributed by atoms with E-state index in [0.29, 0.717) is 16.6 Å². The molecule has 0 aliphatic heterocycles. The Balaban J connectivity index is 2.22. The number of nitrogens with one attached hydrogen (secondary N) is 1. The van der Waals surface area contributed by atoms with Crippen molar-refractivity contribution >= 4 is 21.8 Å². The maximum Gasteiger partial charge on any atom is 0.272 e. The summed E-state index contributed by atoms with van der Waals surface area (Å²) in [6, 6.07) is 5.78. The molecule has 0 radical (unpaired) electrons. The van der Waals surface area contributed by atoms with E-state index in [9.17, 15) is 10.1 Å². The van der Waals surface area contributed by atoms with Gasteiger partial charge in [0, 0.05) is 10.7 Å². The molecule has 0 bridgehead atoms. The number of carbonyl (C=O) groups is 1. The number of nitriles is 1. The van der Waals surface area contributed by atoms with E-state index in [2.05, 4.69) is 32.3 Å². The lowest BCUT2D eigenvalue weighted by Crippen LogP contribution is -2.49. The number of amides is 1. The summed E-state index contributed by atoms with van der Waals surface area (Å²) in [6.45, 7) is 2.00. The molecule has 2 rings (SSSR count). The van der Waals surface area contributed by atoms with Crippen molar-refractivity contribution in [3.8, 4) is 6.07 Å². The predicted molar refractivity (Wildman–Crippen MR) is 70.8 cm³/mol. The van der Waals surface area contributed by atoms with Crippen LogP contribution in [0.4, 0.5) is 0 Å². The minimum atomic E-state index is -0.742. The highest BCUT2D eigenvalue weighted by atomic mass is 79.9. The fourth-order valence-corrected chi connectivity index (χ4v) is 2.81. The van der Waals surface area contributed by atoms with Gasteiger partial charge in [0.05, 0.1) is 6.07 Å². The molecule has 1 N–H and O–H groups in total. The van der Waals surface area contributed by atoms with Gasteiger partial charge in [0.15, 0.2) is 0 Å². The number of halogens is 1. The molecule has 0 saturated heterocycles. The highest BCUT2D eigenvalue weighted by Gasteiger charge is 2.42. The normalized spacial score (nSPS) is 26.6. The molecular weight excluding hydrogens is 294 g/mol. The molecule has 1 amide bonds. The van der Waals surface area contributed by atoms with Crippen LogP contribution in [0.1, 0.15) is 36.7 Å². The van der Waals surface area contributed by atoms with Crippen molar-refractivity contribution in [1.82, 2.24) is 10.3 Å². The monoisotopic (exact) mass is 307 g/mol. The van der Waals surface area contributed by atoms with Crippen molar-refractivity contribution in [3.63, 3.8) is 0 Å². The first-order valence-electron chi connectivity index (χ1n) is 5.93. The van der Waals surface area contributed by atoms with E-state index >= 15 is 0 Å². The second-order valence-electron chi connectivity index (χ2n) is 4.66. The maximum atomic E-state index is 12.2. The van der Waals surface area contributed by atoms with Crippen LogP contribution < -0.4 is 5.32 Å². The molecule has 1 aromatic heterocycles. The minimum absolute atomic E-state index is 0.175. The van der Waals surface area contributed by atoms with Crippen molar-refractivity contribution < 1.29 is 4.79 Å². The summed E-state index contributed by atoms with van der Waals surface area (Å²) in [5.41, 5.74) is -0.417. The molecule has 2 atom stereocenters. The third kappa shape index (κ3) is 2.25. The molecule has 0 aromatic carbocycles. The fraction of sp³-hybridized carbons (Fsp3) is 0.462. The Morgan fingerprint density at radius 3 is 3.06 bits per heavy atom. The molecule has 1 aliphatic rings. The third-order valence-electron chi connectivity index (χ3n) is 3.56. The molecule has 4 nitrogen and oxygen atoms in total. The zero-order chi connectivity index (χ0) is 13.2. The summed E-state index contributed by atoms with van der Waals surface area (Å²) in [4.78, 5) is 16.2. The van der Waals surface area contributed by atoms with Crippen molar-refractivity contribution in [2.45, 2.75) is 31.7 Å². The van der Waals surface area contributed by atoms with Gasteiger partial charge in [-0.1, -0.05) is 6.92 Å². The van der Waals surface area contributed by atoms with Gasteiger partial charge in [-0.05, 0) is 53.2 Å². The van der Waals surface area contributed by atoms with Crippen LogP contribution in [-0.2, 0) is 0 Å². The summed E-state index contributed by atoms with van der Waals surface area (Å²) in [7, 11) is 0. The topological polar surface area (TPSA) is 65.8 Å². The summed E-state index contributed by atoms with van der Waals surface area (Å²) in [6.07, 6.45) is 4.22. The molecular formula is C13H14BrN3O. The Morgan fingerprint density at radius 1 is 1.72 bits per heavy atom. The van der Waals surface area contributed by atoms with Crippen LogP contribution in [0, 0.1) is 17.2 Å². The molecule has 0 unspecified atom stereocenters. The quantitative estimate of drug-likeness (QED) is 0.913. The molecule has 1 saturated carbocycles. The maximum absolute atomic E-state index is 12.2. The Labute approximate surface area is 115 Å². The van der Waals surface area contributed by atoms with Crippen LogP contribution in [0.25, 0.3) is 0 Å². The highest BCUT2D eigenvalue weighted by molar-refractivity contribution is 9.10. The van der Waals surface area contributed by atoms with Crippen molar-refractivity contribution in [2.24, 2.45) is 5.92 Å². The number of hydrogen-bond acceptors (Lipinski definition) is 3. The lowest BCUT2D eigenvalue weighted by molar-refractivity contribution is 0.0900. The number of pyridine rings is 1. The van der Waals surface area contributed by atoms with Crippen molar-refractivity contribution in [3.05, 3.63) is 28.5 Å². The summed E-state index contributed by atoms with van der Waals surface area (Å²) >= 11 is 3.29. The molecule has 5 heteroatoms. The van der Waals surface area contributed by atoms with E-state index in [0.717, 1.165) is 12.8 Å². The average molecular weight is 308 g/mol. The average Bonchev–Trinajstić information content (AvgIpc) is 2.72. The first-order chi connectivity index (χ1) is 8.59. The van der Waals surface area contributed by atoms with E-state index in [1.54, 1.807) is 18.3 Å². The van der Waals surface area contributed by atoms with Crippen LogP contribution in [0.3, 0.4) is 0 Å². The minimum Gasteiger partial charge on any atom is -0.332 e. The standard InChI is InChI=1S/C13H14BrN3O/c1-9-4-2-6-13(9,8-15)17-12(18)11-10(14)5-3-7-16-11/h3,5,7,9H,2,4,6H2,1H3,(H,17,18)/t9-,13+/m0/s1. The Kier molecular flexibility index (Phi) is 3.67. The van der Waals surface area contributed by atoms with Gasteiger partial charge < -0.3 is 5.32 Å². The zero-order valence-corrected chi connectivity index (χ0v) is 11.7. The predicted octanol–water partition coefficient (Wildman–Crippen LogP) is 2.66. The van der Waals surface area contributed by atoms with Gasteiger partial charge in [-0.25, -0.2) is 4.98 Å². The van der Waals surface area contributed by atoms with E-state index in [1.165, 1.54) is 0 Å². The van der Waals surface area contributed by atoms with E-state index < -0.39 is 5.54 Å². The van der Waals surface area contributed by atoms with Gasteiger partial charge in [0.25, 0.3) is 5.91 Å². The van der Waals surface area contributed by atoms with E-state index in [1.807, 2.05) is 6.92 Å². The first kappa shape index (κ1) is 13.0. The summed E-state index contributed by atoms with van der Waals surface area (Å²) < 4.78 is 0.640. The number of carbonyl (C=O) groups excluding carboxylic acids is 1. The van der Waals surface area contributed by atoms with Crippen LogP contribution in [0.2, 0.25) is 0 Å². The van der Waals surface area contributed by atoms with Crippen LogP contribution in [-0.4, -0.2) is 16.4 Å². The first-order valence-corrected chi connectivity index (χ1v) is 6.72. The Morgan fingerprint density at radius 2 is 2.50 bits per heavy atom. The summed E-state index contributed by atoms with van der Waals surface area (Å²) in [5, 5.41) is 12.2. The second-order valence-corrected chi connectivity index (χ2v) is 5.52. The Bertz CT molecular complexity index is 511. The number of aromatic nitrogens is 1. The van der Waals surface area contributed by atoms with Gasteiger partial charge in [-0.2, -0.15) is 5.26 Å². The van der Waals surface area contributed by atoms with Gasteiger partial charge in [-0.3, -0.25) is 4.79 Å². The highest BCUT2D eigenvalue weighted by Crippen LogP contribution is 2.35. The number of hydrogen-bond donors (Lipinski definition) is 1. The zero-order valence-electron chi connectivity index (χ0n) is 10.1. The van der Waals surface area contributed by atoms with E-state index in [-0.39, 0.29) is 11.8 Å². The van der Waals surface area contributed by atoms with Gasteiger partial charge in [0.1, 0.15) is 11.2 Å². The second kappa shape index (κ2) is 5.07. The molecule has 0 spiro atoms. The van der Waals surface area contributed by atoms with Crippen LogP contribution in [0.15, 0.2) is 22.8 Å². The molecule has 94 valence electrons. The smallest absolute Gasteiger partial charge is 0.272 e. The SMILES string of the molecule is C[C@H]1CCC[C@]1(C#N)NC(=O)c1ncccc1Br. The molecule has 1 heterocycles.